The van der Waals surface area contributed by atoms with Crippen LogP contribution in [0.3, 0.4) is 0 Å². The monoisotopic (exact) mass is 582 g/mol. The molecule has 0 amide bonds. The van der Waals surface area contributed by atoms with E-state index in [1.165, 1.54) is 0 Å². The quantitative estimate of drug-likeness (QED) is 0.354. The van der Waals surface area contributed by atoms with Crippen molar-refractivity contribution in [2.75, 3.05) is 0 Å². The molecule has 0 saturated carbocycles. The zero-order valence-corrected chi connectivity index (χ0v) is 22.2. The van der Waals surface area contributed by atoms with Gasteiger partial charge in [-0.15, -0.1) is 0 Å². The Labute approximate surface area is 214 Å². The van der Waals surface area contributed by atoms with Gasteiger partial charge in [-0.3, -0.25) is 0 Å². The van der Waals surface area contributed by atoms with E-state index in [0.29, 0.717) is 11.1 Å². The van der Waals surface area contributed by atoms with Crippen molar-refractivity contribution in [1.29, 1.82) is 0 Å². The number of alkyl halides is 6. The molecule has 0 saturated heterocycles. The molecule has 4 nitrogen and oxygen atoms in total. The first-order valence-electron chi connectivity index (χ1n) is 10.4. The molecular formula is C24H20F6O4S3. The van der Waals surface area contributed by atoms with E-state index in [2.05, 4.69) is 0 Å². The summed E-state index contributed by atoms with van der Waals surface area (Å²) >= 11 is 0.996. The predicted octanol–water partition coefficient (Wildman–Crippen LogP) is 7.29. The maximum atomic E-state index is 13.6. The fourth-order valence-corrected chi connectivity index (χ4v) is 8.17. The molecule has 2 aromatic rings. The standard InChI is InChI=1S/C24H20F6O4S3/c1-13-5-9-17(10-6-13)20-15(3)19(16(4)21(35-20)18-11-7-14(2)8-12-18)22(36(31,32)23(25,26)27)37(33,34)24(28,29)30/h5-12H,1-4H3. The minimum atomic E-state index is -6.98. The average molecular weight is 583 g/mol. The van der Waals surface area contributed by atoms with Crippen molar-refractivity contribution in [2.24, 2.45) is 0 Å². The van der Waals surface area contributed by atoms with E-state index in [1.54, 1.807) is 62.4 Å². The van der Waals surface area contributed by atoms with E-state index in [0.717, 1.165) is 36.7 Å². The molecule has 1 aliphatic rings. The SMILES string of the molecule is CC1=C(c2ccc(C)cc2)SC(c2ccc(C)cc2)=C(C)C1=C(S(=O)(=O)C(F)(F)F)S(=O)(=O)C(F)(F)F. The lowest BCUT2D eigenvalue weighted by Gasteiger charge is -2.28. The number of thioether (sulfide) groups is 1. The second kappa shape index (κ2) is 9.66. The van der Waals surface area contributed by atoms with Gasteiger partial charge in [-0.1, -0.05) is 71.4 Å². The molecule has 0 atom stereocenters. The number of hydrogen-bond acceptors (Lipinski definition) is 5. The predicted molar refractivity (Wildman–Crippen MR) is 132 cm³/mol. The highest BCUT2D eigenvalue weighted by Crippen LogP contribution is 2.54. The van der Waals surface area contributed by atoms with Crippen molar-refractivity contribution in [3.05, 3.63) is 91.7 Å². The highest BCUT2D eigenvalue weighted by atomic mass is 32.3. The first-order valence-corrected chi connectivity index (χ1v) is 14.2. The minimum absolute atomic E-state index is 0.114. The van der Waals surface area contributed by atoms with Gasteiger partial charge in [-0.25, -0.2) is 16.8 Å². The van der Waals surface area contributed by atoms with Crippen LogP contribution in [0, 0.1) is 13.8 Å². The summed E-state index contributed by atoms with van der Waals surface area (Å²) in [5.74, 6) is 0. The van der Waals surface area contributed by atoms with Gasteiger partial charge < -0.3 is 0 Å². The second-order valence-corrected chi connectivity index (χ2v) is 13.3. The van der Waals surface area contributed by atoms with Crippen molar-refractivity contribution >= 4 is 41.2 Å². The fraction of sp³-hybridized carbons (Fsp3) is 0.250. The Morgan fingerprint density at radius 2 is 0.892 bits per heavy atom. The molecule has 0 aromatic heterocycles. The summed E-state index contributed by atoms with van der Waals surface area (Å²) in [5.41, 5.74) is -12.1. The van der Waals surface area contributed by atoms with Gasteiger partial charge in [0.2, 0.25) is 0 Å². The van der Waals surface area contributed by atoms with Crippen LogP contribution in [0.2, 0.25) is 0 Å². The topological polar surface area (TPSA) is 68.3 Å². The normalized spacial score (nSPS) is 15.9. The molecule has 13 heteroatoms. The lowest BCUT2D eigenvalue weighted by atomic mass is 9.96. The second-order valence-electron chi connectivity index (χ2n) is 8.30. The summed E-state index contributed by atoms with van der Waals surface area (Å²) in [6, 6.07) is 12.8. The summed E-state index contributed by atoms with van der Waals surface area (Å²) in [5, 5.41) is 0. The van der Waals surface area contributed by atoms with Gasteiger partial charge in [0, 0.05) is 15.4 Å². The maximum Gasteiger partial charge on any atom is 0.502 e. The van der Waals surface area contributed by atoms with Crippen LogP contribution < -0.4 is 0 Å². The van der Waals surface area contributed by atoms with Gasteiger partial charge in [0.15, 0.2) is 4.24 Å². The molecule has 0 spiro atoms. The number of rotatable bonds is 4. The molecule has 2 aromatic carbocycles. The molecule has 1 aliphatic heterocycles. The average Bonchev–Trinajstić information content (AvgIpc) is 2.76. The molecule has 3 rings (SSSR count). The van der Waals surface area contributed by atoms with Gasteiger partial charge in [0.25, 0.3) is 19.7 Å². The zero-order valence-electron chi connectivity index (χ0n) is 19.7. The molecule has 37 heavy (non-hydrogen) atoms. The van der Waals surface area contributed by atoms with Crippen LogP contribution in [0.25, 0.3) is 9.81 Å². The summed E-state index contributed by atoms with van der Waals surface area (Å²) in [7, 11) is -14.0. The number of sulfone groups is 2. The summed E-state index contributed by atoms with van der Waals surface area (Å²) in [6.45, 7) is 5.72. The minimum Gasteiger partial charge on any atom is -0.214 e. The third kappa shape index (κ3) is 5.26. The Morgan fingerprint density at radius 1 is 0.595 bits per heavy atom. The first kappa shape index (κ1) is 29.1. The van der Waals surface area contributed by atoms with Crippen molar-refractivity contribution in [2.45, 2.75) is 38.7 Å². The summed E-state index contributed by atoms with van der Waals surface area (Å²) < 4.78 is 129. The third-order valence-electron chi connectivity index (χ3n) is 5.56. The molecule has 0 fully saturated rings. The Balaban J connectivity index is 2.60. The Morgan fingerprint density at radius 3 is 1.16 bits per heavy atom. The number of hydrogen-bond donors (Lipinski definition) is 0. The smallest absolute Gasteiger partial charge is 0.214 e. The first-order chi connectivity index (χ1) is 16.8. The number of benzene rings is 2. The zero-order chi connectivity index (χ0) is 28.1. The van der Waals surface area contributed by atoms with Crippen molar-refractivity contribution in [1.82, 2.24) is 0 Å². The Bertz CT molecular complexity index is 1430. The van der Waals surface area contributed by atoms with Gasteiger partial charge in [0.05, 0.1) is 0 Å². The lowest BCUT2D eigenvalue weighted by Crippen LogP contribution is -2.36. The van der Waals surface area contributed by atoms with Crippen molar-refractivity contribution in [3.63, 3.8) is 0 Å². The van der Waals surface area contributed by atoms with E-state index in [4.69, 9.17) is 0 Å². The van der Waals surface area contributed by atoms with Gasteiger partial charge in [0.1, 0.15) is 0 Å². The maximum absolute atomic E-state index is 13.6. The van der Waals surface area contributed by atoms with Crippen LogP contribution in [0.1, 0.15) is 36.1 Å². The molecule has 200 valence electrons. The molecule has 1 heterocycles. The molecule has 0 bridgehead atoms. The van der Waals surface area contributed by atoms with E-state index < -0.39 is 40.5 Å². The number of allylic oxidation sites excluding steroid dienone is 3. The van der Waals surface area contributed by atoms with Crippen LogP contribution in [-0.2, 0) is 19.7 Å². The highest BCUT2D eigenvalue weighted by molar-refractivity contribution is 8.17. The Kier molecular flexibility index (Phi) is 7.59. The van der Waals surface area contributed by atoms with Crippen LogP contribution in [0.4, 0.5) is 26.3 Å². The third-order valence-corrected chi connectivity index (χ3v) is 11.0. The van der Waals surface area contributed by atoms with E-state index in [9.17, 15) is 43.2 Å². The summed E-state index contributed by atoms with van der Waals surface area (Å²) in [6.07, 6.45) is 0. The van der Waals surface area contributed by atoms with Crippen LogP contribution >= 0.6 is 11.8 Å². The van der Waals surface area contributed by atoms with E-state index in [1.807, 2.05) is 0 Å². The molecule has 0 unspecified atom stereocenters. The van der Waals surface area contributed by atoms with Crippen LogP contribution in [-0.4, -0.2) is 27.9 Å². The van der Waals surface area contributed by atoms with Gasteiger partial charge in [-0.05, 0) is 50.0 Å². The fourth-order valence-electron chi connectivity index (χ4n) is 3.65. The molecule has 0 aliphatic carbocycles. The van der Waals surface area contributed by atoms with Crippen molar-refractivity contribution in [3.8, 4) is 0 Å². The van der Waals surface area contributed by atoms with E-state index in [-0.39, 0.29) is 21.0 Å². The number of halogens is 6. The lowest BCUT2D eigenvalue weighted by molar-refractivity contribution is -0.0444. The van der Waals surface area contributed by atoms with Gasteiger partial charge in [-0.2, -0.15) is 26.3 Å². The summed E-state index contributed by atoms with van der Waals surface area (Å²) in [4.78, 5) is 0.229. The van der Waals surface area contributed by atoms with Gasteiger partial charge >= 0.3 is 11.0 Å². The Hall–Kier alpha value is -2.51. The molecule has 0 radical (unpaired) electrons. The highest BCUT2D eigenvalue weighted by Gasteiger charge is 2.61. The molecular weight excluding hydrogens is 562 g/mol. The molecule has 0 N–H and O–H groups in total. The largest absolute Gasteiger partial charge is 0.502 e. The van der Waals surface area contributed by atoms with Crippen LogP contribution in [0.5, 0.6) is 0 Å². The van der Waals surface area contributed by atoms with Crippen LogP contribution in [0.15, 0.2) is 69.5 Å². The number of aryl methyl sites for hydroxylation is 2. The van der Waals surface area contributed by atoms with E-state index >= 15 is 0 Å². The van der Waals surface area contributed by atoms with Crippen molar-refractivity contribution < 1.29 is 43.2 Å².